The van der Waals surface area contributed by atoms with Gasteiger partial charge in [-0.1, -0.05) is 5.92 Å². The summed E-state index contributed by atoms with van der Waals surface area (Å²) in [6.45, 7) is -0.527. The molecule has 112 valence electrons. The Labute approximate surface area is 132 Å². The lowest BCUT2D eigenvalue weighted by molar-refractivity contribution is -0.0527. The Hall–Kier alpha value is -1.48. The number of nitrogens with two attached hydrogens (primary N) is 1. The van der Waals surface area contributed by atoms with Gasteiger partial charge in [-0.3, -0.25) is 4.57 Å². The fraction of sp³-hybridized carbons (Fsp3) is 0.333. The lowest BCUT2D eigenvalue weighted by Crippen LogP contribution is -2.33. The predicted molar refractivity (Wildman–Crippen MR) is 80.0 cm³/mol. The Kier molecular flexibility index (Phi) is 4.94. The van der Waals surface area contributed by atoms with E-state index in [-0.39, 0.29) is 23.3 Å². The molecule has 0 spiro atoms. The van der Waals surface area contributed by atoms with Crippen molar-refractivity contribution in [2.24, 2.45) is 0 Å². The maximum absolute atomic E-state index is 12.8. The molecule has 1 aliphatic heterocycles. The number of hydrogen-bond acceptors (Lipinski definition) is 6. The Morgan fingerprint density at radius 2 is 2.38 bits per heavy atom. The third kappa shape index (κ3) is 2.93. The molecular weight excluding hydrogens is 396 g/mol. The molecule has 1 aliphatic rings. The monoisotopic (exact) mass is 407 g/mol. The van der Waals surface area contributed by atoms with Crippen LogP contribution in [0.5, 0.6) is 0 Å². The van der Waals surface area contributed by atoms with E-state index in [9.17, 15) is 14.3 Å². The highest BCUT2D eigenvalue weighted by atomic mass is 127. The van der Waals surface area contributed by atoms with E-state index in [1.807, 2.05) is 0 Å². The van der Waals surface area contributed by atoms with Crippen LogP contribution >= 0.6 is 22.6 Å². The van der Waals surface area contributed by atoms with Gasteiger partial charge >= 0.3 is 5.69 Å². The summed E-state index contributed by atoms with van der Waals surface area (Å²) in [4.78, 5) is 15.5. The Bertz CT molecular complexity index is 694. The first-order valence-corrected chi connectivity index (χ1v) is 6.86. The van der Waals surface area contributed by atoms with Crippen molar-refractivity contribution >= 4 is 28.4 Å². The van der Waals surface area contributed by atoms with Gasteiger partial charge in [0, 0.05) is 34.4 Å². The molecule has 0 aliphatic carbocycles. The Balaban J connectivity index is 2.49. The van der Waals surface area contributed by atoms with Crippen LogP contribution in [0.2, 0.25) is 0 Å². The summed E-state index contributed by atoms with van der Waals surface area (Å²) in [5.41, 5.74) is 4.93. The molecule has 1 saturated heterocycles. The summed E-state index contributed by atoms with van der Waals surface area (Å²) in [5.74, 6) is 2.60. The van der Waals surface area contributed by atoms with Crippen LogP contribution < -0.4 is 11.4 Å². The molecular formula is C12H11FIN3O4. The van der Waals surface area contributed by atoms with Gasteiger partial charge in [0.25, 0.3) is 0 Å². The van der Waals surface area contributed by atoms with Crippen molar-refractivity contribution in [3.8, 4) is 9.85 Å². The molecule has 0 radical (unpaired) electrons. The van der Waals surface area contributed by atoms with Gasteiger partial charge in [-0.25, -0.2) is 9.18 Å². The molecule has 3 atom stereocenters. The first-order valence-electron chi connectivity index (χ1n) is 5.78. The zero-order chi connectivity index (χ0) is 15.6. The normalized spacial score (nSPS) is 26.7. The molecule has 7 nitrogen and oxygen atoms in total. The highest BCUT2D eigenvalue weighted by Gasteiger charge is 2.40. The van der Waals surface area contributed by atoms with E-state index in [0.29, 0.717) is 0 Å². The van der Waals surface area contributed by atoms with Crippen molar-refractivity contribution in [1.82, 2.24) is 9.55 Å². The molecule has 21 heavy (non-hydrogen) atoms. The summed E-state index contributed by atoms with van der Waals surface area (Å²) in [6.07, 6.45) is -2.22. The van der Waals surface area contributed by atoms with Crippen molar-refractivity contribution in [2.45, 2.75) is 18.4 Å². The Morgan fingerprint density at radius 1 is 1.67 bits per heavy atom. The maximum Gasteiger partial charge on any atom is 0.351 e. The number of nitrogen functional groups attached to an aromatic ring is 1. The minimum atomic E-state index is -1.42. The van der Waals surface area contributed by atoms with Crippen LogP contribution in [0.1, 0.15) is 11.8 Å². The number of halogens is 2. The van der Waals surface area contributed by atoms with Crippen LogP contribution in [-0.2, 0) is 4.74 Å². The maximum atomic E-state index is 12.8. The van der Waals surface area contributed by atoms with Gasteiger partial charge < -0.3 is 20.7 Å². The van der Waals surface area contributed by atoms with E-state index in [4.69, 9.17) is 15.6 Å². The minimum Gasteiger partial charge on any atom is -0.393 e. The number of nitrogens with zero attached hydrogens (tertiary/aromatic N) is 2. The number of ether oxygens (including phenoxy) is 1. The third-order valence-electron chi connectivity index (χ3n) is 3.02. The fourth-order valence-electron chi connectivity index (χ4n) is 1.99. The molecule has 1 aromatic rings. The number of anilines is 1. The topological polar surface area (TPSA) is 111 Å². The number of aromatic nitrogens is 2. The summed E-state index contributed by atoms with van der Waals surface area (Å²) >= 11 is 1.79. The quantitative estimate of drug-likeness (QED) is 0.458. The summed E-state index contributed by atoms with van der Waals surface area (Å²) in [6, 6.07) is 0. The highest BCUT2D eigenvalue weighted by molar-refractivity contribution is 14.1. The first-order chi connectivity index (χ1) is 10.0. The van der Waals surface area contributed by atoms with Crippen LogP contribution in [0.15, 0.2) is 22.9 Å². The molecule has 0 amide bonds. The molecule has 1 fully saturated rings. The zero-order valence-corrected chi connectivity index (χ0v) is 12.7. The highest BCUT2D eigenvalue weighted by Crippen LogP contribution is 2.32. The van der Waals surface area contributed by atoms with Crippen molar-refractivity contribution in [2.75, 3.05) is 12.3 Å². The van der Waals surface area contributed by atoms with Gasteiger partial charge in [-0.05, 0) is 3.93 Å². The molecule has 9 heteroatoms. The van der Waals surface area contributed by atoms with Crippen LogP contribution in [0.3, 0.4) is 0 Å². The lowest BCUT2D eigenvalue weighted by Gasteiger charge is -2.17. The lowest BCUT2D eigenvalue weighted by atomic mass is 10.1. The van der Waals surface area contributed by atoms with Gasteiger partial charge in [0.1, 0.15) is 18.0 Å². The standard InChI is InChI=1S/C12H11FIN3O4/c13-3-7-8(5-18)21-11(9(7)19)17-4-6(1-2-14)10(15)16-12(17)20/h3-4,8-9,11,18-19H,5H2,(H2,15,16,20). The fourth-order valence-corrected chi connectivity index (χ4v) is 2.28. The van der Waals surface area contributed by atoms with Crippen LogP contribution in [0.4, 0.5) is 10.2 Å². The second kappa shape index (κ2) is 6.52. The van der Waals surface area contributed by atoms with Crippen molar-refractivity contribution in [3.05, 3.63) is 34.1 Å². The van der Waals surface area contributed by atoms with E-state index >= 15 is 0 Å². The number of aliphatic hydroxyl groups excluding tert-OH is 2. The van der Waals surface area contributed by atoms with Crippen molar-refractivity contribution < 1.29 is 19.3 Å². The molecule has 0 bridgehead atoms. The smallest absolute Gasteiger partial charge is 0.351 e. The third-order valence-corrected chi connectivity index (χ3v) is 3.29. The molecule has 2 heterocycles. The average Bonchev–Trinajstić information content (AvgIpc) is 2.78. The van der Waals surface area contributed by atoms with Crippen molar-refractivity contribution in [3.63, 3.8) is 0 Å². The second-order valence-electron chi connectivity index (χ2n) is 4.20. The van der Waals surface area contributed by atoms with Crippen LogP contribution in [0, 0.1) is 9.85 Å². The van der Waals surface area contributed by atoms with Gasteiger partial charge in [0.2, 0.25) is 0 Å². The van der Waals surface area contributed by atoms with Gasteiger partial charge in [0.05, 0.1) is 18.5 Å². The average molecular weight is 407 g/mol. The van der Waals surface area contributed by atoms with E-state index in [2.05, 4.69) is 14.8 Å². The summed E-state index contributed by atoms with van der Waals surface area (Å²) in [7, 11) is 0. The number of hydrogen-bond donors (Lipinski definition) is 3. The number of rotatable bonds is 2. The first kappa shape index (κ1) is 15.9. The molecule has 3 unspecified atom stereocenters. The van der Waals surface area contributed by atoms with E-state index < -0.39 is 30.7 Å². The number of aliphatic hydroxyl groups is 2. The van der Waals surface area contributed by atoms with Gasteiger partial charge in [-0.15, -0.1) is 0 Å². The zero-order valence-electron chi connectivity index (χ0n) is 10.5. The molecule has 4 N–H and O–H groups in total. The van der Waals surface area contributed by atoms with E-state index in [1.54, 1.807) is 22.6 Å². The van der Waals surface area contributed by atoms with Gasteiger partial charge in [-0.2, -0.15) is 4.98 Å². The SMILES string of the molecule is Nc1nc(=O)n(C2OC(CO)C(=CF)C2O)cc1C#CI. The molecule has 1 aromatic heterocycles. The minimum absolute atomic E-state index is 0.0483. The van der Waals surface area contributed by atoms with Crippen LogP contribution in [-0.4, -0.2) is 38.6 Å². The van der Waals surface area contributed by atoms with Crippen molar-refractivity contribution in [1.29, 1.82) is 0 Å². The predicted octanol–water partition coefficient (Wildman–Crippen LogP) is -0.326. The molecule has 0 aromatic carbocycles. The largest absolute Gasteiger partial charge is 0.393 e. The second-order valence-corrected chi connectivity index (χ2v) is 4.74. The summed E-state index contributed by atoms with van der Waals surface area (Å²) in [5, 5.41) is 19.1. The van der Waals surface area contributed by atoms with E-state index in [0.717, 1.165) is 4.57 Å². The molecule has 0 saturated carbocycles. The van der Waals surface area contributed by atoms with Gasteiger partial charge in [0.15, 0.2) is 6.23 Å². The molecule has 2 rings (SSSR count). The van der Waals surface area contributed by atoms with Crippen LogP contribution in [0.25, 0.3) is 0 Å². The summed E-state index contributed by atoms with van der Waals surface area (Å²) < 4.78 is 21.6. The van der Waals surface area contributed by atoms with E-state index in [1.165, 1.54) is 6.20 Å². The Morgan fingerprint density at radius 3 is 2.90 bits per heavy atom.